The highest BCUT2D eigenvalue weighted by Crippen LogP contribution is 2.34. The Morgan fingerprint density at radius 3 is 2.86 bits per heavy atom. The monoisotopic (exact) mass is 392 g/mol. The van der Waals surface area contributed by atoms with Gasteiger partial charge in [-0.15, -0.1) is 0 Å². The number of benzene rings is 1. The van der Waals surface area contributed by atoms with Gasteiger partial charge in [-0.25, -0.2) is 4.68 Å². The van der Waals surface area contributed by atoms with Crippen molar-refractivity contribution in [3.05, 3.63) is 58.7 Å². The Labute approximate surface area is 167 Å². The summed E-state index contributed by atoms with van der Waals surface area (Å²) < 4.78 is 12.3. The number of carbonyl (C=O) groups is 1. The first-order chi connectivity index (χ1) is 13.7. The Balaban J connectivity index is 1.75. The van der Waals surface area contributed by atoms with E-state index in [1.165, 1.54) is 10.7 Å². The molecule has 1 aromatic carbocycles. The maximum Gasteiger partial charge on any atom is 0.269 e. The van der Waals surface area contributed by atoms with E-state index in [2.05, 4.69) is 22.1 Å². The van der Waals surface area contributed by atoms with Gasteiger partial charge in [-0.3, -0.25) is 4.79 Å². The molecule has 0 radical (unpaired) electrons. The number of nitrogens with zero attached hydrogens (tertiary/aromatic N) is 3. The van der Waals surface area contributed by atoms with Crippen LogP contribution in [0.3, 0.4) is 0 Å². The second-order valence-corrected chi connectivity index (χ2v) is 7.29. The molecule has 148 valence electrons. The maximum atomic E-state index is 11.6. The van der Waals surface area contributed by atoms with Crippen LogP contribution in [0.25, 0.3) is 5.69 Å². The highest BCUT2D eigenvalue weighted by atomic mass is 16.5. The number of carbonyl (C=O) groups excluding carboxylic acids is 1. The summed E-state index contributed by atoms with van der Waals surface area (Å²) in [5.74, 6) is 6.75. The molecule has 0 spiro atoms. The third-order valence-electron chi connectivity index (χ3n) is 4.73. The molecule has 1 aliphatic heterocycles. The van der Waals surface area contributed by atoms with Crippen molar-refractivity contribution in [3.63, 3.8) is 0 Å². The topological polar surface area (TPSA) is 116 Å². The highest BCUT2D eigenvalue weighted by Gasteiger charge is 2.34. The smallest absolute Gasteiger partial charge is 0.269 e. The number of aromatic nitrogens is 3. The standard InChI is InChI=1S/C21H20N4O4/c1-12(15-8-13(2)29-24-15)4-5-14-6-7-18-17(9-14)25-19(21(3,27)11-28-18)10-16(23-25)20(22)26/h6-10,12,27H,11H2,1-3H3,(H2,22,26). The van der Waals surface area contributed by atoms with E-state index in [1.54, 1.807) is 19.1 Å². The molecule has 1 amide bonds. The highest BCUT2D eigenvalue weighted by molar-refractivity contribution is 5.91. The van der Waals surface area contributed by atoms with Crippen molar-refractivity contribution in [2.75, 3.05) is 6.61 Å². The first-order valence-corrected chi connectivity index (χ1v) is 9.09. The number of aryl methyl sites for hydroxylation is 1. The lowest BCUT2D eigenvalue weighted by atomic mass is 10.0. The van der Waals surface area contributed by atoms with Gasteiger partial charge < -0.3 is 20.1 Å². The van der Waals surface area contributed by atoms with Gasteiger partial charge in [-0.1, -0.05) is 17.0 Å². The van der Waals surface area contributed by atoms with Crippen LogP contribution in [-0.4, -0.2) is 32.6 Å². The molecule has 8 heteroatoms. The number of amides is 1. The second kappa shape index (κ2) is 6.79. The van der Waals surface area contributed by atoms with Gasteiger partial charge in [-0.2, -0.15) is 5.10 Å². The SMILES string of the molecule is Cc1cc(C(C)C#Cc2ccc3c(c2)-n2nc(C(N)=O)cc2C(C)(O)CO3)no1. The van der Waals surface area contributed by atoms with Gasteiger partial charge in [0.2, 0.25) is 0 Å². The molecule has 2 aromatic heterocycles. The quantitative estimate of drug-likeness (QED) is 0.645. The Morgan fingerprint density at radius 1 is 1.38 bits per heavy atom. The van der Waals surface area contributed by atoms with Gasteiger partial charge in [0, 0.05) is 11.6 Å². The third-order valence-corrected chi connectivity index (χ3v) is 4.73. The van der Waals surface area contributed by atoms with E-state index >= 15 is 0 Å². The predicted octanol–water partition coefficient (Wildman–Crippen LogP) is 2.02. The fourth-order valence-corrected chi connectivity index (χ4v) is 3.10. The molecule has 3 aromatic rings. The van der Waals surface area contributed by atoms with Crippen LogP contribution in [0, 0.1) is 18.8 Å². The van der Waals surface area contributed by atoms with Crippen LogP contribution in [0.2, 0.25) is 0 Å². The number of fused-ring (bicyclic) bond motifs is 3. The molecule has 3 heterocycles. The maximum absolute atomic E-state index is 11.6. The van der Waals surface area contributed by atoms with E-state index in [0.717, 1.165) is 17.0 Å². The predicted molar refractivity (Wildman–Crippen MR) is 104 cm³/mol. The molecule has 8 nitrogen and oxygen atoms in total. The van der Waals surface area contributed by atoms with Crippen molar-refractivity contribution in [1.82, 2.24) is 14.9 Å². The minimum Gasteiger partial charge on any atom is -0.488 e. The van der Waals surface area contributed by atoms with Crippen LogP contribution >= 0.6 is 0 Å². The fraction of sp³-hybridized carbons (Fsp3) is 0.286. The molecule has 0 saturated heterocycles. The molecule has 3 N–H and O–H groups in total. The van der Waals surface area contributed by atoms with Gasteiger partial charge in [-0.05, 0) is 45.0 Å². The van der Waals surface area contributed by atoms with E-state index in [0.29, 0.717) is 17.1 Å². The number of primary amides is 1. The normalized spacial score (nSPS) is 18.5. The third kappa shape index (κ3) is 3.48. The van der Waals surface area contributed by atoms with Crippen molar-refractivity contribution in [3.8, 4) is 23.3 Å². The zero-order valence-corrected chi connectivity index (χ0v) is 16.3. The Kier molecular flexibility index (Phi) is 4.40. The van der Waals surface area contributed by atoms with Gasteiger partial charge in [0.15, 0.2) is 5.69 Å². The summed E-state index contributed by atoms with van der Waals surface area (Å²) in [6.45, 7) is 5.38. The molecular formula is C21H20N4O4. The van der Waals surface area contributed by atoms with Crippen molar-refractivity contribution in [2.45, 2.75) is 32.3 Å². The summed E-state index contributed by atoms with van der Waals surface area (Å²) in [5, 5.41) is 19.0. The van der Waals surface area contributed by atoms with Gasteiger partial charge in [0.05, 0.1) is 17.3 Å². The molecule has 29 heavy (non-hydrogen) atoms. The van der Waals surface area contributed by atoms with Crippen molar-refractivity contribution < 1.29 is 19.2 Å². The summed E-state index contributed by atoms with van der Waals surface area (Å²) in [7, 11) is 0. The van der Waals surface area contributed by atoms with Gasteiger partial charge in [0.25, 0.3) is 5.91 Å². The van der Waals surface area contributed by atoms with Crippen LogP contribution in [0.4, 0.5) is 0 Å². The van der Waals surface area contributed by atoms with E-state index in [9.17, 15) is 9.90 Å². The van der Waals surface area contributed by atoms with E-state index in [1.807, 2.05) is 26.0 Å². The largest absolute Gasteiger partial charge is 0.488 e. The Hall–Kier alpha value is -3.57. The minimum absolute atomic E-state index is 0.0114. The van der Waals surface area contributed by atoms with Crippen molar-refractivity contribution in [2.24, 2.45) is 5.73 Å². The second-order valence-electron chi connectivity index (χ2n) is 7.29. The lowest BCUT2D eigenvalue weighted by Crippen LogP contribution is -2.30. The van der Waals surface area contributed by atoms with E-state index < -0.39 is 11.5 Å². The number of hydrogen-bond acceptors (Lipinski definition) is 6. The lowest BCUT2D eigenvalue weighted by molar-refractivity contribution is 0.00607. The van der Waals surface area contributed by atoms with Crippen LogP contribution < -0.4 is 10.5 Å². The number of aliphatic hydroxyl groups is 1. The summed E-state index contributed by atoms with van der Waals surface area (Å²) in [5.41, 5.74) is 6.59. The van der Waals surface area contributed by atoms with E-state index in [4.69, 9.17) is 15.0 Å². The summed E-state index contributed by atoms with van der Waals surface area (Å²) in [6.07, 6.45) is 0. The summed E-state index contributed by atoms with van der Waals surface area (Å²) in [4.78, 5) is 11.6. The molecule has 0 fully saturated rings. The first kappa shape index (κ1) is 18.8. The average molecular weight is 392 g/mol. The first-order valence-electron chi connectivity index (χ1n) is 9.09. The van der Waals surface area contributed by atoms with Crippen molar-refractivity contribution >= 4 is 5.91 Å². The zero-order chi connectivity index (χ0) is 20.8. The number of hydrogen-bond donors (Lipinski definition) is 2. The molecule has 4 rings (SSSR count). The van der Waals surface area contributed by atoms with Crippen LogP contribution in [0.5, 0.6) is 5.75 Å². The van der Waals surface area contributed by atoms with Crippen LogP contribution in [0.15, 0.2) is 34.9 Å². The molecule has 2 atom stereocenters. The van der Waals surface area contributed by atoms with Gasteiger partial charge >= 0.3 is 0 Å². The molecule has 0 aliphatic carbocycles. The van der Waals surface area contributed by atoms with Gasteiger partial charge in [0.1, 0.15) is 29.4 Å². The molecule has 0 bridgehead atoms. The molecular weight excluding hydrogens is 372 g/mol. The number of nitrogens with two attached hydrogens (primary N) is 1. The Bertz CT molecular complexity index is 1160. The zero-order valence-electron chi connectivity index (χ0n) is 16.3. The molecule has 0 saturated carbocycles. The Morgan fingerprint density at radius 2 is 2.17 bits per heavy atom. The van der Waals surface area contributed by atoms with Crippen LogP contribution in [-0.2, 0) is 5.60 Å². The van der Waals surface area contributed by atoms with E-state index in [-0.39, 0.29) is 18.2 Å². The lowest BCUT2D eigenvalue weighted by Gasteiger charge is -2.20. The fourth-order valence-electron chi connectivity index (χ4n) is 3.10. The summed E-state index contributed by atoms with van der Waals surface area (Å²) >= 11 is 0. The van der Waals surface area contributed by atoms with Crippen LogP contribution in [0.1, 0.15) is 53.0 Å². The number of rotatable bonds is 2. The molecule has 2 unspecified atom stereocenters. The summed E-state index contributed by atoms with van der Waals surface area (Å²) in [6, 6.07) is 8.72. The minimum atomic E-state index is -1.34. The average Bonchev–Trinajstić information content (AvgIpc) is 3.30. The number of ether oxygens (including phenoxy) is 1. The van der Waals surface area contributed by atoms with Crippen molar-refractivity contribution in [1.29, 1.82) is 0 Å². The molecule has 1 aliphatic rings.